The fourth-order valence-corrected chi connectivity index (χ4v) is 2.53. The lowest BCUT2D eigenvalue weighted by Gasteiger charge is -1.90. The second-order valence-corrected chi connectivity index (χ2v) is 4.67. The maximum Gasteiger partial charge on any atom is 0.416 e. The van der Waals surface area contributed by atoms with E-state index in [0.717, 1.165) is 22.3 Å². The number of rotatable bonds is 2. The Kier molecular flexibility index (Phi) is 2.90. The number of aromatic nitrogens is 1. The maximum absolute atomic E-state index is 10.3. The second kappa shape index (κ2) is 4.16. The molecule has 1 heterocycles. The van der Waals surface area contributed by atoms with Crippen molar-refractivity contribution in [2.24, 2.45) is 0 Å². The molecule has 0 N–H and O–H groups in total. The number of para-hydroxylation sites is 1. The summed E-state index contributed by atoms with van der Waals surface area (Å²) in [5.41, 5.74) is 0.0554. The highest BCUT2D eigenvalue weighted by atomic mass is 35.5. The molecule has 0 aliphatic heterocycles. The molecule has 0 amide bonds. The van der Waals surface area contributed by atoms with E-state index in [1.807, 2.05) is 24.3 Å². The van der Waals surface area contributed by atoms with Crippen LogP contribution in [-0.2, 0) is 4.18 Å². The number of nitrogens with zero attached hydrogens (tertiary/aromatic N) is 1. The lowest BCUT2D eigenvalue weighted by Crippen LogP contribution is -1.81. The van der Waals surface area contributed by atoms with Crippen molar-refractivity contribution in [2.45, 2.75) is 4.34 Å². The van der Waals surface area contributed by atoms with Gasteiger partial charge < -0.3 is 4.18 Å². The van der Waals surface area contributed by atoms with E-state index in [-0.39, 0.29) is 0 Å². The Hall–Kier alpha value is -0.780. The van der Waals surface area contributed by atoms with E-state index in [1.54, 1.807) is 0 Å². The summed E-state index contributed by atoms with van der Waals surface area (Å²) < 4.78 is 6.27. The van der Waals surface area contributed by atoms with Gasteiger partial charge in [-0.2, -0.15) is 0 Å². The topological polar surface area (TPSA) is 39.2 Å². The molecule has 14 heavy (non-hydrogen) atoms. The van der Waals surface area contributed by atoms with Crippen molar-refractivity contribution >= 4 is 50.6 Å². The highest BCUT2D eigenvalue weighted by molar-refractivity contribution is 7.97. The van der Waals surface area contributed by atoms with E-state index in [1.165, 1.54) is 11.3 Å². The Morgan fingerprint density at radius 2 is 2.29 bits per heavy atom. The average molecular weight is 246 g/mol. The summed E-state index contributed by atoms with van der Waals surface area (Å²) in [6.07, 6.45) is 0. The SMILES string of the molecule is O=C(Cl)OSc1nc2ccccc2s1. The first-order valence-electron chi connectivity index (χ1n) is 3.65. The van der Waals surface area contributed by atoms with Gasteiger partial charge in [-0.15, -0.1) is 11.3 Å². The Bertz CT molecular complexity index is 438. The standard InChI is InChI=1S/C8H4ClNO2S2/c9-7(11)12-14-8-10-5-3-1-2-4-6(5)13-8/h1-4H. The Morgan fingerprint density at radius 1 is 1.50 bits per heavy atom. The van der Waals surface area contributed by atoms with Crippen molar-refractivity contribution in [1.82, 2.24) is 4.98 Å². The van der Waals surface area contributed by atoms with Crippen LogP contribution in [0.5, 0.6) is 0 Å². The molecule has 1 aromatic heterocycles. The molecule has 0 aliphatic rings. The lowest BCUT2D eigenvalue weighted by atomic mass is 10.3. The fraction of sp³-hybridized carbons (Fsp3) is 0. The first-order chi connectivity index (χ1) is 6.75. The number of benzene rings is 1. The van der Waals surface area contributed by atoms with Crippen LogP contribution in [-0.4, -0.2) is 10.4 Å². The van der Waals surface area contributed by atoms with Crippen LogP contribution in [0.2, 0.25) is 0 Å². The van der Waals surface area contributed by atoms with Gasteiger partial charge in [-0.3, -0.25) is 0 Å². The third-order valence-corrected chi connectivity index (χ3v) is 3.38. The quantitative estimate of drug-likeness (QED) is 0.598. The summed E-state index contributed by atoms with van der Waals surface area (Å²) in [7, 11) is 0. The van der Waals surface area contributed by atoms with Crippen LogP contribution in [0.15, 0.2) is 28.6 Å². The number of thiazole rings is 1. The van der Waals surface area contributed by atoms with Gasteiger partial charge in [0.25, 0.3) is 0 Å². The van der Waals surface area contributed by atoms with Gasteiger partial charge in [-0.05, 0) is 12.1 Å². The monoisotopic (exact) mass is 245 g/mol. The minimum atomic E-state index is -0.839. The highest BCUT2D eigenvalue weighted by Crippen LogP contribution is 2.30. The lowest BCUT2D eigenvalue weighted by molar-refractivity contribution is 0.233. The minimum absolute atomic E-state index is 0.667. The molecule has 0 atom stereocenters. The number of fused-ring (bicyclic) bond motifs is 1. The largest absolute Gasteiger partial charge is 0.416 e. The number of carbonyl (C=O) groups excluding carboxylic acids is 1. The fourth-order valence-electron chi connectivity index (χ4n) is 0.955. The van der Waals surface area contributed by atoms with Gasteiger partial charge in [0, 0.05) is 11.6 Å². The van der Waals surface area contributed by atoms with Crippen LogP contribution in [0, 0.1) is 0 Å². The summed E-state index contributed by atoms with van der Waals surface area (Å²) in [4.78, 5) is 14.6. The second-order valence-electron chi connectivity index (χ2n) is 2.35. The summed E-state index contributed by atoms with van der Waals surface area (Å²) in [5, 5.41) is 0. The molecule has 2 aromatic rings. The van der Waals surface area contributed by atoms with Crippen LogP contribution in [0.1, 0.15) is 0 Å². The summed E-state index contributed by atoms with van der Waals surface area (Å²) in [6.45, 7) is 0. The van der Waals surface area contributed by atoms with E-state index < -0.39 is 5.43 Å². The van der Waals surface area contributed by atoms with E-state index in [9.17, 15) is 4.79 Å². The number of hydrogen-bond donors (Lipinski definition) is 0. The van der Waals surface area contributed by atoms with Crippen LogP contribution >= 0.6 is 35.0 Å². The molecule has 0 radical (unpaired) electrons. The first-order valence-corrected chi connectivity index (χ1v) is 5.59. The van der Waals surface area contributed by atoms with Crippen LogP contribution in [0.4, 0.5) is 4.79 Å². The number of halogens is 1. The van der Waals surface area contributed by atoms with E-state index >= 15 is 0 Å². The van der Waals surface area contributed by atoms with Crippen molar-refractivity contribution in [1.29, 1.82) is 0 Å². The summed E-state index contributed by atoms with van der Waals surface area (Å²) in [6, 6.07) is 7.70. The molecular weight excluding hydrogens is 242 g/mol. The molecule has 1 aromatic carbocycles. The van der Waals surface area contributed by atoms with Crippen molar-refractivity contribution in [3.8, 4) is 0 Å². The molecule has 6 heteroatoms. The zero-order valence-corrected chi connectivity index (χ0v) is 9.16. The predicted octanol–water partition coefficient (Wildman–Crippen LogP) is 3.68. The average Bonchev–Trinajstić information content (AvgIpc) is 2.57. The highest BCUT2D eigenvalue weighted by Gasteiger charge is 2.06. The van der Waals surface area contributed by atoms with Crippen molar-refractivity contribution in [3.63, 3.8) is 0 Å². The molecule has 72 valence electrons. The van der Waals surface area contributed by atoms with Gasteiger partial charge in [0.15, 0.2) is 4.34 Å². The molecule has 2 rings (SSSR count). The van der Waals surface area contributed by atoms with Gasteiger partial charge in [0.2, 0.25) is 0 Å². The van der Waals surface area contributed by atoms with Crippen molar-refractivity contribution in [2.75, 3.05) is 0 Å². The van der Waals surface area contributed by atoms with E-state index in [0.29, 0.717) is 4.34 Å². The van der Waals surface area contributed by atoms with Crippen LogP contribution < -0.4 is 0 Å². The summed E-state index contributed by atoms with van der Waals surface area (Å²) >= 11 is 7.36. The van der Waals surface area contributed by atoms with E-state index in [4.69, 9.17) is 11.6 Å². The molecule has 0 aliphatic carbocycles. The Labute approximate surface area is 93.2 Å². The first kappa shape index (κ1) is 9.76. The Balaban J connectivity index is 2.22. The van der Waals surface area contributed by atoms with Gasteiger partial charge in [0.1, 0.15) is 12.0 Å². The van der Waals surface area contributed by atoms with Crippen molar-refractivity contribution < 1.29 is 8.98 Å². The molecule has 0 saturated heterocycles. The molecule has 0 bridgehead atoms. The molecular formula is C8H4ClNO2S2. The van der Waals surface area contributed by atoms with Crippen LogP contribution in [0.25, 0.3) is 10.2 Å². The molecule has 0 unspecified atom stereocenters. The van der Waals surface area contributed by atoms with Gasteiger partial charge in [0.05, 0.1) is 10.2 Å². The van der Waals surface area contributed by atoms with Gasteiger partial charge in [-0.25, -0.2) is 9.78 Å². The number of carbonyl (C=O) groups is 1. The third-order valence-electron chi connectivity index (χ3n) is 1.45. The smallest absolute Gasteiger partial charge is 0.371 e. The molecule has 0 spiro atoms. The van der Waals surface area contributed by atoms with Crippen molar-refractivity contribution in [3.05, 3.63) is 24.3 Å². The summed E-state index contributed by atoms with van der Waals surface area (Å²) in [5.74, 6) is 0. The predicted molar refractivity (Wildman–Crippen MR) is 57.8 cm³/mol. The zero-order valence-electron chi connectivity index (χ0n) is 6.77. The van der Waals surface area contributed by atoms with E-state index in [2.05, 4.69) is 9.17 Å². The maximum atomic E-state index is 10.3. The van der Waals surface area contributed by atoms with Gasteiger partial charge in [-0.1, -0.05) is 12.1 Å². The molecule has 0 saturated carbocycles. The molecule has 3 nitrogen and oxygen atoms in total. The zero-order chi connectivity index (χ0) is 9.97. The number of hydrogen-bond acceptors (Lipinski definition) is 5. The third kappa shape index (κ3) is 2.17. The minimum Gasteiger partial charge on any atom is -0.371 e. The Morgan fingerprint density at radius 3 is 3.00 bits per heavy atom. The normalized spacial score (nSPS) is 10.4. The molecule has 0 fully saturated rings. The van der Waals surface area contributed by atoms with Crippen LogP contribution in [0.3, 0.4) is 0 Å². The van der Waals surface area contributed by atoms with Gasteiger partial charge >= 0.3 is 5.43 Å².